The molecular weight excluding hydrogens is 350 g/mol. The van der Waals surface area contributed by atoms with E-state index in [1.165, 1.54) is 52.9 Å². The third-order valence-corrected chi connectivity index (χ3v) is 6.67. The first-order chi connectivity index (χ1) is 14.2. The molecule has 5 rings (SSSR count). The Kier molecular flexibility index (Phi) is 4.75. The van der Waals surface area contributed by atoms with Gasteiger partial charge in [-0.1, -0.05) is 79.2 Å². The lowest BCUT2D eigenvalue weighted by atomic mass is 9.78. The van der Waals surface area contributed by atoms with Gasteiger partial charge in [0.1, 0.15) is 0 Å². The molecule has 3 unspecified atom stereocenters. The van der Waals surface area contributed by atoms with E-state index >= 15 is 0 Å². The zero-order valence-corrected chi connectivity index (χ0v) is 17.4. The summed E-state index contributed by atoms with van der Waals surface area (Å²) in [5, 5.41) is 0. The first-order valence-corrected chi connectivity index (χ1v) is 10.9. The molecule has 0 bridgehead atoms. The zero-order chi connectivity index (χ0) is 19.8. The highest BCUT2D eigenvalue weighted by Gasteiger charge is 2.35. The molecule has 1 heterocycles. The van der Waals surface area contributed by atoms with Gasteiger partial charge in [-0.25, -0.2) is 0 Å². The zero-order valence-electron chi connectivity index (χ0n) is 17.4. The van der Waals surface area contributed by atoms with Gasteiger partial charge in [0, 0.05) is 23.0 Å². The number of aryl methyl sites for hydroxylation is 1. The minimum Gasteiger partial charge on any atom is -0.337 e. The number of fused-ring (bicyclic) bond motifs is 2. The summed E-state index contributed by atoms with van der Waals surface area (Å²) < 4.78 is 0. The van der Waals surface area contributed by atoms with Crippen molar-refractivity contribution in [3.63, 3.8) is 0 Å². The van der Waals surface area contributed by atoms with E-state index in [9.17, 15) is 0 Å². The molecule has 1 saturated carbocycles. The Balaban J connectivity index is 1.71. The van der Waals surface area contributed by atoms with E-state index in [1.807, 2.05) is 0 Å². The van der Waals surface area contributed by atoms with Crippen LogP contribution in [0.1, 0.15) is 37.3 Å². The van der Waals surface area contributed by atoms with Crippen molar-refractivity contribution in [3.8, 4) is 11.1 Å². The lowest BCUT2D eigenvalue weighted by Gasteiger charge is -2.42. The largest absolute Gasteiger partial charge is 0.337 e. The van der Waals surface area contributed by atoms with Gasteiger partial charge in [-0.3, -0.25) is 0 Å². The summed E-state index contributed by atoms with van der Waals surface area (Å²) >= 11 is 0. The van der Waals surface area contributed by atoms with Gasteiger partial charge in [0.05, 0.1) is 0 Å². The molecule has 0 aromatic heterocycles. The van der Waals surface area contributed by atoms with Gasteiger partial charge in [-0.2, -0.15) is 0 Å². The normalized spacial score (nSPS) is 23.2. The number of hydrogen-bond acceptors (Lipinski definition) is 1. The summed E-state index contributed by atoms with van der Waals surface area (Å²) in [6.07, 6.45) is 8.69. The summed E-state index contributed by atoms with van der Waals surface area (Å²) in [5.41, 5.74) is 7.95. The summed E-state index contributed by atoms with van der Waals surface area (Å²) in [6, 6.07) is 27.2. The predicted octanol–water partition coefficient (Wildman–Crippen LogP) is 7.63. The number of rotatable bonds is 2. The lowest BCUT2D eigenvalue weighted by Crippen LogP contribution is -2.40. The van der Waals surface area contributed by atoms with Gasteiger partial charge in [0.15, 0.2) is 0 Å². The van der Waals surface area contributed by atoms with Gasteiger partial charge in [-0.15, -0.1) is 0 Å². The van der Waals surface area contributed by atoms with E-state index in [4.69, 9.17) is 0 Å². The van der Waals surface area contributed by atoms with Crippen molar-refractivity contribution in [1.82, 2.24) is 0 Å². The number of hydrogen-bond donors (Lipinski definition) is 0. The van der Waals surface area contributed by atoms with Crippen LogP contribution in [0, 0.1) is 18.8 Å². The molecule has 0 spiro atoms. The minimum atomic E-state index is 0.510. The molecule has 3 atom stereocenters. The van der Waals surface area contributed by atoms with E-state index < -0.39 is 0 Å². The second-order valence-corrected chi connectivity index (χ2v) is 8.82. The van der Waals surface area contributed by atoms with Crippen molar-refractivity contribution >= 4 is 17.5 Å². The average molecular weight is 380 g/mol. The van der Waals surface area contributed by atoms with Gasteiger partial charge in [-0.05, 0) is 67.3 Å². The topological polar surface area (TPSA) is 3.24 Å². The van der Waals surface area contributed by atoms with E-state index in [2.05, 4.69) is 104 Å². The molecule has 1 fully saturated rings. The fraction of sp³-hybridized carbons (Fsp3) is 0.286. The second-order valence-electron chi connectivity index (χ2n) is 8.82. The maximum atomic E-state index is 2.66. The molecule has 0 N–H and O–H groups in total. The van der Waals surface area contributed by atoms with Crippen LogP contribution in [0.25, 0.3) is 17.2 Å². The van der Waals surface area contributed by atoms with Gasteiger partial charge in [0.25, 0.3) is 0 Å². The van der Waals surface area contributed by atoms with Crippen molar-refractivity contribution in [3.05, 3.63) is 90.0 Å². The lowest BCUT2D eigenvalue weighted by molar-refractivity contribution is 0.286. The molecule has 1 nitrogen and oxygen atoms in total. The molecule has 3 aromatic rings. The Hall–Kier alpha value is -2.80. The summed E-state index contributed by atoms with van der Waals surface area (Å²) in [7, 11) is 0. The Bertz CT molecular complexity index is 1030. The quantitative estimate of drug-likeness (QED) is 0.442. The van der Waals surface area contributed by atoms with Crippen molar-refractivity contribution in [2.24, 2.45) is 11.8 Å². The van der Waals surface area contributed by atoms with E-state index in [0.29, 0.717) is 12.0 Å². The van der Waals surface area contributed by atoms with Crippen molar-refractivity contribution in [1.29, 1.82) is 0 Å². The van der Waals surface area contributed by atoms with Crippen LogP contribution in [0.5, 0.6) is 0 Å². The van der Waals surface area contributed by atoms with E-state index in [1.54, 1.807) is 0 Å². The summed E-state index contributed by atoms with van der Waals surface area (Å²) in [6.45, 7) is 4.60. The molecule has 0 radical (unpaired) electrons. The van der Waals surface area contributed by atoms with Gasteiger partial charge < -0.3 is 4.90 Å². The van der Waals surface area contributed by atoms with E-state index in [0.717, 1.165) is 5.92 Å². The van der Waals surface area contributed by atoms with Crippen molar-refractivity contribution in [2.75, 3.05) is 4.90 Å². The molecule has 146 valence electrons. The average Bonchev–Trinajstić information content (AvgIpc) is 2.90. The van der Waals surface area contributed by atoms with Crippen LogP contribution < -0.4 is 4.90 Å². The summed E-state index contributed by atoms with van der Waals surface area (Å²) in [4.78, 5) is 2.66. The smallest absolute Gasteiger partial charge is 0.0493 e. The van der Waals surface area contributed by atoms with E-state index in [-0.39, 0.29) is 0 Å². The molecule has 1 aliphatic heterocycles. The van der Waals surface area contributed by atoms with Crippen LogP contribution in [0.4, 0.5) is 11.4 Å². The van der Waals surface area contributed by atoms with Crippen LogP contribution >= 0.6 is 0 Å². The Morgan fingerprint density at radius 3 is 2.48 bits per heavy atom. The first kappa shape index (κ1) is 18.2. The molecule has 2 aliphatic rings. The summed E-state index contributed by atoms with van der Waals surface area (Å²) in [5.74, 6) is 1.39. The Labute approximate surface area is 174 Å². The third-order valence-electron chi connectivity index (χ3n) is 6.67. The highest BCUT2D eigenvalue weighted by molar-refractivity contribution is 5.86. The highest BCUT2D eigenvalue weighted by Crippen LogP contribution is 2.46. The molecule has 0 saturated heterocycles. The predicted molar refractivity (Wildman–Crippen MR) is 125 cm³/mol. The monoisotopic (exact) mass is 379 g/mol. The van der Waals surface area contributed by atoms with Crippen LogP contribution in [0.15, 0.2) is 78.9 Å². The van der Waals surface area contributed by atoms with Crippen molar-refractivity contribution < 1.29 is 0 Å². The van der Waals surface area contributed by atoms with Crippen LogP contribution in [-0.4, -0.2) is 6.04 Å². The maximum Gasteiger partial charge on any atom is 0.0493 e. The fourth-order valence-corrected chi connectivity index (χ4v) is 5.22. The molecule has 1 aliphatic carbocycles. The molecule has 29 heavy (non-hydrogen) atoms. The Morgan fingerprint density at radius 1 is 0.828 bits per heavy atom. The maximum absolute atomic E-state index is 2.66. The minimum absolute atomic E-state index is 0.510. The number of benzene rings is 3. The molecular formula is C28H29N. The highest BCUT2D eigenvalue weighted by atomic mass is 15.2. The molecule has 0 amide bonds. The standard InChI is InChI=1S/C28H29N/c1-20-12-16-26-23(18-20)14-15-24-19-21(2)13-17-27(24)29(26)28-11-7-6-10-25(28)22-8-4-3-5-9-22/h3-12,14-16,18,21,24,27H,13,17,19H2,1-2H3. The van der Waals surface area contributed by atoms with Gasteiger partial charge >= 0.3 is 0 Å². The second kappa shape index (κ2) is 7.55. The first-order valence-electron chi connectivity index (χ1n) is 10.9. The van der Waals surface area contributed by atoms with Crippen LogP contribution in [0.3, 0.4) is 0 Å². The fourth-order valence-electron chi connectivity index (χ4n) is 5.22. The van der Waals surface area contributed by atoms with Crippen LogP contribution in [0.2, 0.25) is 0 Å². The molecule has 3 aromatic carbocycles. The SMILES string of the molecule is Cc1ccc2c(c1)C=CC1CC(C)CCC1N2c1ccccc1-c1ccccc1. The number of anilines is 2. The van der Waals surface area contributed by atoms with Crippen LogP contribution in [-0.2, 0) is 0 Å². The number of nitrogens with zero attached hydrogens (tertiary/aromatic N) is 1. The third kappa shape index (κ3) is 3.40. The molecule has 1 heteroatoms. The van der Waals surface area contributed by atoms with Gasteiger partial charge in [0.2, 0.25) is 0 Å². The van der Waals surface area contributed by atoms with Crippen molar-refractivity contribution in [2.45, 2.75) is 39.2 Å². The number of para-hydroxylation sites is 1. The Morgan fingerprint density at radius 2 is 1.62 bits per heavy atom.